The van der Waals surface area contributed by atoms with Crippen LogP contribution in [0.2, 0.25) is 0 Å². The van der Waals surface area contributed by atoms with E-state index in [0.29, 0.717) is 6.42 Å². The minimum atomic E-state index is -0.247. The lowest BCUT2D eigenvalue weighted by Crippen LogP contribution is -2.49. The number of allylic oxidation sites excluding steroid dienone is 3. The van der Waals surface area contributed by atoms with Gasteiger partial charge in [0, 0.05) is 17.5 Å². The Balaban J connectivity index is 2.30. The summed E-state index contributed by atoms with van der Waals surface area (Å²) < 4.78 is 26.4. The van der Waals surface area contributed by atoms with E-state index in [1.54, 1.807) is 18.2 Å². The van der Waals surface area contributed by atoms with Crippen LogP contribution in [0.1, 0.15) is 24.9 Å². The van der Waals surface area contributed by atoms with Crippen molar-refractivity contribution < 1.29 is 8.78 Å². The summed E-state index contributed by atoms with van der Waals surface area (Å²) in [6.07, 6.45) is 5.67. The molecule has 0 aromatic heterocycles. The molecule has 1 aromatic rings. The van der Waals surface area contributed by atoms with Crippen LogP contribution in [-0.4, -0.2) is 20.1 Å². The van der Waals surface area contributed by atoms with Gasteiger partial charge in [-0.25, -0.2) is 8.78 Å². The number of hydrogen-bond donors (Lipinski definition) is 2. The molecule has 3 atom stereocenters. The van der Waals surface area contributed by atoms with Crippen LogP contribution >= 0.6 is 0 Å². The van der Waals surface area contributed by atoms with Crippen LogP contribution < -0.4 is 10.6 Å². The van der Waals surface area contributed by atoms with Crippen LogP contribution in [0, 0.1) is 11.2 Å². The van der Waals surface area contributed by atoms with Gasteiger partial charge in [-0.05, 0) is 50.4 Å². The van der Waals surface area contributed by atoms with E-state index in [9.17, 15) is 8.78 Å². The first-order valence-corrected chi connectivity index (χ1v) is 7.15. The maximum absolute atomic E-state index is 13.2. The summed E-state index contributed by atoms with van der Waals surface area (Å²) in [5.74, 6) is -0.437. The third-order valence-electron chi connectivity index (χ3n) is 4.26. The van der Waals surface area contributed by atoms with Crippen LogP contribution in [0.25, 0.3) is 0 Å². The van der Waals surface area contributed by atoms with Crippen LogP contribution in [0.3, 0.4) is 0 Å². The third-order valence-corrected chi connectivity index (χ3v) is 4.26. The number of benzene rings is 1. The van der Waals surface area contributed by atoms with E-state index in [4.69, 9.17) is 0 Å². The molecule has 1 unspecified atom stereocenters. The number of rotatable bonds is 5. The minimum absolute atomic E-state index is 0.000175. The van der Waals surface area contributed by atoms with Crippen molar-refractivity contribution in [2.75, 3.05) is 14.1 Å². The molecule has 0 amide bonds. The van der Waals surface area contributed by atoms with E-state index in [1.807, 2.05) is 20.2 Å². The molecule has 2 N–H and O–H groups in total. The number of nitrogens with one attached hydrogen (secondary N) is 2. The van der Waals surface area contributed by atoms with E-state index >= 15 is 0 Å². The summed E-state index contributed by atoms with van der Waals surface area (Å²) in [7, 11) is 3.77. The van der Waals surface area contributed by atoms with Gasteiger partial charge in [0.1, 0.15) is 11.6 Å². The third kappa shape index (κ3) is 3.39. The van der Waals surface area contributed by atoms with Crippen molar-refractivity contribution in [1.82, 2.24) is 10.6 Å². The summed E-state index contributed by atoms with van der Waals surface area (Å²) in [6.45, 7) is 2.10. The first-order valence-electron chi connectivity index (χ1n) is 7.15. The Morgan fingerprint density at radius 1 is 1.10 bits per heavy atom. The first-order chi connectivity index (χ1) is 10.00. The Kier molecular flexibility index (Phi) is 4.91. The number of hydrogen-bond acceptors (Lipinski definition) is 2. The average molecular weight is 292 g/mol. The van der Waals surface area contributed by atoms with Crippen molar-refractivity contribution in [1.29, 1.82) is 0 Å². The first kappa shape index (κ1) is 15.9. The Morgan fingerprint density at radius 2 is 1.76 bits per heavy atom. The molecule has 0 saturated carbocycles. The largest absolute Gasteiger partial charge is 0.314 e. The molecular formula is C17H22F2N2. The molecule has 0 spiro atoms. The summed E-state index contributed by atoms with van der Waals surface area (Å²) >= 11 is 0. The predicted octanol–water partition coefficient (Wildman–Crippen LogP) is 3.49. The normalized spacial score (nSPS) is 24.5. The van der Waals surface area contributed by atoms with Crippen molar-refractivity contribution in [2.45, 2.75) is 25.4 Å². The van der Waals surface area contributed by atoms with Crippen molar-refractivity contribution in [3.8, 4) is 0 Å². The average Bonchev–Trinajstić information content (AvgIpc) is 2.49. The van der Waals surface area contributed by atoms with Crippen molar-refractivity contribution >= 4 is 0 Å². The lowest BCUT2D eigenvalue weighted by molar-refractivity contribution is 0.236. The van der Waals surface area contributed by atoms with Gasteiger partial charge in [0.2, 0.25) is 0 Å². The second kappa shape index (κ2) is 6.50. The molecule has 1 aliphatic carbocycles. The Hall–Kier alpha value is -1.52. The van der Waals surface area contributed by atoms with Gasteiger partial charge in [-0.2, -0.15) is 0 Å². The molecule has 2 rings (SSSR count). The zero-order valence-corrected chi connectivity index (χ0v) is 12.7. The Morgan fingerprint density at radius 3 is 2.24 bits per heavy atom. The molecule has 0 bridgehead atoms. The summed E-state index contributed by atoms with van der Waals surface area (Å²) in [5.41, 5.74) is 0.787. The van der Waals surface area contributed by atoms with Gasteiger partial charge in [-0.3, -0.25) is 0 Å². The van der Waals surface area contributed by atoms with Crippen LogP contribution in [-0.2, 0) is 0 Å². The molecule has 21 heavy (non-hydrogen) atoms. The SMILES string of the molecule is CN[C@H](c1ccc(F)cc1)[C@H](NC)C1(C)C=CC(F)=CC1. The maximum atomic E-state index is 13.2. The van der Waals surface area contributed by atoms with Gasteiger partial charge in [0.25, 0.3) is 0 Å². The smallest absolute Gasteiger partial charge is 0.123 e. The molecule has 4 heteroatoms. The van der Waals surface area contributed by atoms with Gasteiger partial charge in [-0.15, -0.1) is 0 Å². The molecular weight excluding hydrogens is 270 g/mol. The molecule has 0 saturated heterocycles. The topological polar surface area (TPSA) is 24.1 Å². The van der Waals surface area contributed by atoms with E-state index < -0.39 is 0 Å². The monoisotopic (exact) mass is 292 g/mol. The molecule has 0 aliphatic heterocycles. The van der Waals surface area contributed by atoms with E-state index in [1.165, 1.54) is 18.2 Å². The van der Waals surface area contributed by atoms with Crippen LogP contribution in [0.15, 0.2) is 48.3 Å². The zero-order valence-electron chi connectivity index (χ0n) is 12.7. The van der Waals surface area contributed by atoms with Gasteiger partial charge in [0.15, 0.2) is 0 Å². The summed E-state index contributed by atoms with van der Waals surface area (Å²) in [4.78, 5) is 0. The van der Waals surface area contributed by atoms with Gasteiger partial charge in [0.05, 0.1) is 0 Å². The van der Waals surface area contributed by atoms with Crippen molar-refractivity contribution in [2.24, 2.45) is 5.41 Å². The fourth-order valence-electron chi connectivity index (χ4n) is 3.03. The Bertz CT molecular complexity index is 536. The lowest BCUT2D eigenvalue weighted by Gasteiger charge is -2.41. The van der Waals surface area contributed by atoms with E-state index in [0.717, 1.165) is 5.56 Å². The molecule has 1 aromatic carbocycles. The standard InChI is InChI=1S/C17H22F2N2/c1-17(10-8-14(19)9-11-17)16(21-3)15(20-2)12-4-6-13(18)7-5-12/h4-10,15-16,20-21H,11H2,1-3H3/t15-,16+,17?/m1/s1. The summed E-state index contributed by atoms with van der Waals surface area (Å²) in [5, 5.41) is 6.62. The van der Waals surface area contributed by atoms with Crippen LogP contribution in [0.4, 0.5) is 8.78 Å². The highest BCUT2D eigenvalue weighted by atomic mass is 19.1. The number of halogens is 2. The zero-order chi connectivity index (χ0) is 15.5. The second-order valence-corrected chi connectivity index (χ2v) is 5.72. The number of likely N-dealkylation sites (N-methyl/N-ethyl adjacent to an activating group) is 2. The fraction of sp³-hybridized carbons (Fsp3) is 0.412. The van der Waals surface area contributed by atoms with Crippen molar-refractivity contribution in [3.63, 3.8) is 0 Å². The van der Waals surface area contributed by atoms with E-state index in [-0.39, 0.29) is 29.1 Å². The van der Waals surface area contributed by atoms with Gasteiger partial charge < -0.3 is 10.6 Å². The quantitative estimate of drug-likeness (QED) is 0.868. The summed E-state index contributed by atoms with van der Waals surface area (Å²) in [6, 6.07) is 6.55. The maximum Gasteiger partial charge on any atom is 0.123 e. The predicted molar refractivity (Wildman–Crippen MR) is 82.1 cm³/mol. The molecule has 1 aliphatic rings. The fourth-order valence-corrected chi connectivity index (χ4v) is 3.03. The molecule has 114 valence electrons. The van der Waals surface area contributed by atoms with E-state index in [2.05, 4.69) is 17.6 Å². The minimum Gasteiger partial charge on any atom is -0.314 e. The molecule has 0 radical (unpaired) electrons. The lowest BCUT2D eigenvalue weighted by atomic mass is 9.72. The molecule has 2 nitrogen and oxygen atoms in total. The van der Waals surface area contributed by atoms with Crippen LogP contribution in [0.5, 0.6) is 0 Å². The Labute approximate surface area is 124 Å². The van der Waals surface area contributed by atoms with Gasteiger partial charge in [-0.1, -0.05) is 25.1 Å². The molecule has 0 heterocycles. The second-order valence-electron chi connectivity index (χ2n) is 5.72. The van der Waals surface area contributed by atoms with Gasteiger partial charge >= 0.3 is 0 Å². The highest BCUT2D eigenvalue weighted by Crippen LogP contribution is 2.38. The van der Waals surface area contributed by atoms with Crippen molar-refractivity contribution in [3.05, 3.63) is 59.7 Å². The highest BCUT2D eigenvalue weighted by Gasteiger charge is 2.37. The molecule has 0 fully saturated rings. The highest BCUT2D eigenvalue weighted by molar-refractivity contribution is 5.28.